The van der Waals surface area contributed by atoms with Crippen molar-refractivity contribution in [2.45, 2.75) is 38.5 Å². The van der Waals surface area contributed by atoms with Crippen molar-refractivity contribution in [1.29, 1.82) is 0 Å². The zero-order chi connectivity index (χ0) is 35.9. The average molecular weight is 680 g/mol. The lowest BCUT2D eigenvalue weighted by atomic mass is 9.81. The van der Waals surface area contributed by atoms with Gasteiger partial charge in [-0.25, -0.2) is 0 Å². The van der Waals surface area contributed by atoms with Crippen LogP contribution >= 0.6 is 0 Å². The predicted molar refractivity (Wildman–Crippen MR) is 225 cm³/mol. The van der Waals surface area contributed by atoms with Crippen LogP contribution in [0.1, 0.15) is 49.9 Å². The highest BCUT2D eigenvalue weighted by Gasteiger charge is 2.38. The summed E-state index contributed by atoms with van der Waals surface area (Å²) in [5.74, 6) is 0. The van der Waals surface area contributed by atoms with Gasteiger partial charge >= 0.3 is 0 Å². The van der Waals surface area contributed by atoms with Crippen LogP contribution in [0.5, 0.6) is 0 Å². The number of rotatable bonds is 5. The van der Waals surface area contributed by atoms with E-state index in [0.717, 1.165) is 5.69 Å². The summed E-state index contributed by atoms with van der Waals surface area (Å²) in [6.07, 6.45) is 0. The first-order chi connectivity index (χ1) is 25.8. The molecule has 10 rings (SSSR count). The molecule has 0 N–H and O–H groups in total. The summed E-state index contributed by atoms with van der Waals surface area (Å²) in [6, 6.07) is 65.2. The molecule has 2 aliphatic rings. The Balaban J connectivity index is 1.02. The third-order valence-corrected chi connectivity index (χ3v) is 12.1. The maximum Gasteiger partial charge on any atom is 0.0465 e. The molecule has 53 heavy (non-hydrogen) atoms. The summed E-state index contributed by atoms with van der Waals surface area (Å²) in [5.41, 5.74) is 19.1. The van der Waals surface area contributed by atoms with Gasteiger partial charge in [0, 0.05) is 27.9 Å². The van der Waals surface area contributed by atoms with Crippen molar-refractivity contribution in [3.8, 4) is 44.5 Å². The Kier molecular flexibility index (Phi) is 6.94. The van der Waals surface area contributed by atoms with E-state index in [-0.39, 0.29) is 10.8 Å². The number of anilines is 3. The smallest absolute Gasteiger partial charge is 0.0465 e. The molecule has 0 amide bonds. The van der Waals surface area contributed by atoms with E-state index in [0.29, 0.717) is 0 Å². The monoisotopic (exact) mass is 679 g/mol. The van der Waals surface area contributed by atoms with Crippen LogP contribution in [0.4, 0.5) is 17.1 Å². The highest BCUT2D eigenvalue weighted by Crippen LogP contribution is 2.53. The van der Waals surface area contributed by atoms with Crippen LogP contribution in [0, 0.1) is 0 Å². The molecule has 0 fully saturated rings. The number of nitrogens with zero attached hydrogens (tertiary/aromatic N) is 1. The van der Waals surface area contributed by atoms with Gasteiger partial charge in [-0.05, 0) is 120 Å². The lowest BCUT2D eigenvalue weighted by Gasteiger charge is -2.29. The number of benzene rings is 8. The number of hydrogen-bond acceptors (Lipinski definition) is 1. The van der Waals surface area contributed by atoms with Gasteiger partial charge in [0.1, 0.15) is 0 Å². The predicted octanol–water partition coefficient (Wildman–Crippen LogP) is 14.3. The SMILES string of the molecule is CC1(C)c2ccccc2-c2ccc(N(c3ccccc3)c3ccc4c(c3)C(C)(C)c3cc(-c5ccc(-c6cccc7ccccc67)cc5)ccc3-4)cc21. The summed E-state index contributed by atoms with van der Waals surface area (Å²) in [4.78, 5) is 2.43. The van der Waals surface area contributed by atoms with Crippen LogP contribution in [0.25, 0.3) is 55.3 Å². The molecule has 0 saturated heterocycles. The summed E-state index contributed by atoms with van der Waals surface area (Å²) < 4.78 is 0. The molecule has 0 unspecified atom stereocenters. The molecular formula is C52H41N. The third kappa shape index (κ3) is 4.84. The van der Waals surface area contributed by atoms with E-state index in [2.05, 4.69) is 209 Å². The Labute approximate surface area is 312 Å². The number of fused-ring (bicyclic) bond motifs is 7. The fraction of sp³-hybridized carbons (Fsp3) is 0.115. The molecule has 0 aliphatic heterocycles. The first kappa shape index (κ1) is 31.5. The molecule has 0 aromatic heterocycles. The molecule has 1 heteroatoms. The molecule has 2 aliphatic carbocycles. The van der Waals surface area contributed by atoms with Crippen molar-refractivity contribution in [2.75, 3.05) is 4.90 Å². The van der Waals surface area contributed by atoms with Crippen LogP contribution in [-0.2, 0) is 10.8 Å². The Morgan fingerprint density at radius 3 is 1.53 bits per heavy atom. The van der Waals surface area contributed by atoms with Gasteiger partial charge in [-0.1, -0.05) is 161 Å². The first-order valence-corrected chi connectivity index (χ1v) is 18.8. The van der Waals surface area contributed by atoms with E-state index in [1.807, 2.05) is 0 Å². The van der Waals surface area contributed by atoms with Gasteiger partial charge in [-0.3, -0.25) is 0 Å². The standard InChI is InChI=1S/C52H41N/c1-51(2)47-20-11-10-18-43(47)45-29-26-39(32-49(45)51)53(38-15-6-5-7-16-38)40-27-30-46-44-28-25-37(31-48(44)52(3,4)50(46)33-40)34-21-23-36(24-22-34)42-19-12-14-35-13-8-9-17-41(35)42/h5-33H,1-4H3. The van der Waals surface area contributed by atoms with Crippen LogP contribution in [0.3, 0.4) is 0 Å². The summed E-state index contributed by atoms with van der Waals surface area (Å²) in [7, 11) is 0. The van der Waals surface area contributed by atoms with E-state index in [1.165, 1.54) is 88.9 Å². The average Bonchev–Trinajstić information content (AvgIpc) is 3.57. The van der Waals surface area contributed by atoms with Crippen molar-refractivity contribution in [1.82, 2.24) is 0 Å². The third-order valence-electron chi connectivity index (χ3n) is 12.1. The topological polar surface area (TPSA) is 3.24 Å². The molecule has 0 atom stereocenters. The van der Waals surface area contributed by atoms with E-state index >= 15 is 0 Å². The summed E-state index contributed by atoms with van der Waals surface area (Å²) in [5, 5.41) is 2.56. The van der Waals surface area contributed by atoms with Gasteiger partial charge in [0.2, 0.25) is 0 Å². The van der Waals surface area contributed by atoms with Gasteiger partial charge < -0.3 is 4.90 Å². The molecule has 0 saturated carbocycles. The van der Waals surface area contributed by atoms with Crippen LogP contribution in [-0.4, -0.2) is 0 Å². The second-order valence-electron chi connectivity index (χ2n) is 15.8. The van der Waals surface area contributed by atoms with Gasteiger partial charge in [0.05, 0.1) is 0 Å². The molecule has 0 spiro atoms. The number of para-hydroxylation sites is 1. The second kappa shape index (κ2) is 11.7. The van der Waals surface area contributed by atoms with Crippen LogP contribution < -0.4 is 4.90 Å². The zero-order valence-corrected chi connectivity index (χ0v) is 30.7. The molecule has 0 radical (unpaired) electrons. The minimum absolute atomic E-state index is 0.0696. The van der Waals surface area contributed by atoms with Crippen LogP contribution in [0.15, 0.2) is 176 Å². The maximum absolute atomic E-state index is 2.44. The first-order valence-electron chi connectivity index (χ1n) is 18.8. The second-order valence-corrected chi connectivity index (χ2v) is 15.8. The van der Waals surface area contributed by atoms with Crippen LogP contribution in [0.2, 0.25) is 0 Å². The maximum atomic E-state index is 2.44. The summed E-state index contributed by atoms with van der Waals surface area (Å²) in [6.45, 7) is 9.49. The molecule has 0 bridgehead atoms. The number of hydrogen-bond donors (Lipinski definition) is 0. The zero-order valence-electron chi connectivity index (χ0n) is 30.7. The molecule has 8 aromatic carbocycles. The Morgan fingerprint density at radius 1 is 0.321 bits per heavy atom. The fourth-order valence-electron chi connectivity index (χ4n) is 9.22. The molecule has 8 aromatic rings. The van der Waals surface area contributed by atoms with E-state index < -0.39 is 0 Å². The fourth-order valence-corrected chi connectivity index (χ4v) is 9.22. The van der Waals surface area contributed by atoms with Gasteiger partial charge in [-0.2, -0.15) is 0 Å². The Morgan fingerprint density at radius 2 is 0.811 bits per heavy atom. The van der Waals surface area contributed by atoms with Crippen molar-refractivity contribution < 1.29 is 0 Å². The highest BCUT2D eigenvalue weighted by molar-refractivity contribution is 5.97. The van der Waals surface area contributed by atoms with Crippen molar-refractivity contribution in [2.24, 2.45) is 0 Å². The van der Waals surface area contributed by atoms with Gasteiger partial charge in [0.15, 0.2) is 0 Å². The lowest BCUT2D eigenvalue weighted by molar-refractivity contribution is 0.660. The van der Waals surface area contributed by atoms with Crippen molar-refractivity contribution in [3.05, 3.63) is 198 Å². The lowest BCUT2D eigenvalue weighted by Crippen LogP contribution is -2.18. The van der Waals surface area contributed by atoms with Gasteiger partial charge in [0.25, 0.3) is 0 Å². The Hall–Kier alpha value is -6.18. The molecule has 1 nitrogen and oxygen atoms in total. The minimum Gasteiger partial charge on any atom is -0.310 e. The highest BCUT2D eigenvalue weighted by atomic mass is 15.1. The normalized spacial score (nSPS) is 14.3. The summed E-state index contributed by atoms with van der Waals surface area (Å²) >= 11 is 0. The minimum atomic E-state index is -0.163. The Bertz CT molecular complexity index is 2710. The van der Waals surface area contributed by atoms with Crippen molar-refractivity contribution in [3.63, 3.8) is 0 Å². The van der Waals surface area contributed by atoms with Crippen molar-refractivity contribution >= 4 is 27.8 Å². The van der Waals surface area contributed by atoms with Gasteiger partial charge in [-0.15, -0.1) is 0 Å². The van der Waals surface area contributed by atoms with E-state index in [4.69, 9.17) is 0 Å². The van der Waals surface area contributed by atoms with E-state index in [1.54, 1.807) is 0 Å². The molecular weight excluding hydrogens is 639 g/mol. The quantitative estimate of drug-likeness (QED) is 0.175. The largest absolute Gasteiger partial charge is 0.310 e. The molecule has 254 valence electrons. The van der Waals surface area contributed by atoms with E-state index in [9.17, 15) is 0 Å². The molecule has 0 heterocycles.